The fourth-order valence-electron chi connectivity index (χ4n) is 7.13. The lowest BCUT2D eigenvalue weighted by atomic mass is 9.49. The van der Waals surface area contributed by atoms with E-state index in [1.54, 1.807) is 6.07 Å². The van der Waals surface area contributed by atoms with Crippen molar-refractivity contribution in [2.24, 2.45) is 23.2 Å². The largest absolute Gasteiger partial charge is 0.310 e. The summed E-state index contributed by atoms with van der Waals surface area (Å²) in [4.78, 5) is 22.2. The second-order valence-electron chi connectivity index (χ2n) is 10.4. The third kappa shape index (κ3) is 3.65. The van der Waals surface area contributed by atoms with E-state index in [0.29, 0.717) is 35.7 Å². The lowest BCUT2D eigenvalue weighted by Crippen LogP contribution is -2.52. The van der Waals surface area contributed by atoms with Crippen molar-refractivity contribution in [1.29, 1.82) is 0 Å². The van der Waals surface area contributed by atoms with Crippen LogP contribution in [0.1, 0.15) is 49.8 Å². The fourth-order valence-corrected chi connectivity index (χ4v) is 9.62. The number of nitrogens with one attached hydrogen (secondary N) is 1. The second-order valence-corrected chi connectivity index (χ2v) is 13.1. The van der Waals surface area contributed by atoms with Crippen LogP contribution in [0.2, 0.25) is 10.0 Å². The predicted molar refractivity (Wildman–Crippen MR) is 129 cm³/mol. The van der Waals surface area contributed by atoms with Crippen molar-refractivity contribution < 1.29 is 13.2 Å². The standard InChI is InChI=1S/C24H26Cl2N4O3S/c25-18-2-1-3-19(26)21(18)34(32,33)30-5-4-17-20(12-30)27-13-28-22(17)29-23(31)24-9-14-6-15(10-24)8-16(7-14)11-24/h1-3,13-16H,4-12H2,(H,27,28,29,31). The topological polar surface area (TPSA) is 92.3 Å². The molecule has 1 amide bonds. The van der Waals surface area contributed by atoms with Gasteiger partial charge in [0.1, 0.15) is 17.0 Å². The summed E-state index contributed by atoms with van der Waals surface area (Å²) in [6, 6.07) is 4.64. The number of rotatable bonds is 4. The Balaban J connectivity index is 1.25. The SMILES string of the molecule is O=C(Nc1ncnc2c1CCN(S(=O)(=O)c1c(Cl)cccc1Cl)C2)C12CC3CC(CC(C3)C1)C2. The van der Waals surface area contributed by atoms with Gasteiger partial charge < -0.3 is 5.32 Å². The van der Waals surface area contributed by atoms with Crippen molar-refractivity contribution in [3.8, 4) is 0 Å². The molecule has 4 bridgehead atoms. The van der Waals surface area contributed by atoms with Gasteiger partial charge in [0, 0.05) is 12.1 Å². The van der Waals surface area contributed by atoms with Crippen molar-refractivity contribution in [3.05, 3.63) is 45.8 Å². The van der Waals surface area contributed by atoms with Crippen molar-refractivity contribution in [2.75, 3.05) is 11.9 Å². The first kappa shape index (κ1) is 22.7. The maximum absolute atomic E-state index is 13.5. The van der Waals surface area contributed by atoms with Crippen LogP contribution in [-0.2, 0) is 27.8 Å². The number of amides is 1. The molecule has 10 heteroatoms. The van der Waals surface area contributed by atoms with Crippen molar-refractivity contribution in [3.63, 3.8) is 0 Å². The first-order valence-electron chi connectivity index (χ1n) is 11.8. The summed E-state index contributed by atoms with van der Waals surface area (Å²) in [5.41, 5.74) is 1.11. The number of sulfonamides is 1. The quantitative estimate of drug-likeness (QED) is 0.631. The average molecular weight is 521 g/mol. The molecule has 0 spiro atoms. The molecule has 1 N–H and O–H groups in total. The Kier molecular flexibility index (Phi) is 5.44. The molecule has 4 aliphatic carbocycles. The third-order valence-corrected chi connectivity index (χ3v) is 11.0. The predicted octanol–water partition coefficient (Wildman–Crippen LogP) is 4.69. The first-order valence-corrected chi connectivity index (χ1v) is 14.0. The van der Waals surface area contributed by atoms with E-state index in [1.165, 1.54) is 42.0 Å². The number of hydrogen-bond donors (Lipinski definition) is 1. The highest BCUT2D eigenvalue weighted by molar-refractivity contribution is 7.89. The monoisotopic (exact) mass is 520 g/mol. The Morgan fingerprint density at radius 2 is 1.65 bits per heavy atom. The van der Waals surface area contributed by atoms with Gasteiger partial charge in [-0.3, -0.25) is 4.79 Å². The number of aromatic nitrogens is 2. The van der Waals surface area contributed by atoms with Gasteiger partial charge in [-0.25, -0.2) is 18.4 Å². The van der Waals surface area contributed by atoms with Gasteiger partial charge in [-0.15, -0.1) is 0 Å². The number of fused-ring (bicyclic) bond motifs is 1. The van der Waals surface area contributed by atoms with Crippen LogP contribution < -0.4 is 5.32 Å². The average Bonchev–Trinajstić information content (AvgIpc) is 2.78. The molecule has 7 nitrogen and oxygen atoms in total. The van der Waals surface area contributed by atoms with Gasteiger partial charge in [0.15, 0.2) is 0 Å². The lowest BCUT2D eigenvalue weighted by molar-refractivity contribution is -0.140. The summed E-state index contributed by atoms with van der Waals surface area (Å²) in [6.07, 6.45) is 8.54. The zero-order valence-corrected chi connectivity index (χ0v) is 21.0. The molecule has 2 heterocycles. The Hall–Kier alpha value is -1.74. The van der Waals surface area contributed by atoms with Crippen LogP contribution in [0.5, 0.6) is 0 Å². The highest BCUT2D eigenvalue weighted by Gasteiger charge is 2.54. The van der Waals surface area contributed by atoms with E-state index in [0.717, 1.165) is 24.8 Å². The van der Waals surface area contributed by atoms with Gasteiger partial charge in [0.2, 0.25) is 15.9 Å². The summed E-state index contributed by atoms with van der Waals surface area (Å²) in [7, 11) is -3.91. The van der Waals surface area contributed by atoms with Crippen molar-refractivity contribution in [1.82, 2.24) is 14.3 Å². The van der Waals surface area contributed by atoms with E-state index in [-0.39, 0.29) is 39.4 Å². The summed E-state index contributed by atoms with van der Waals surface area (Å²) < 4.78 is 27.9. The van der Waals surface area contributed by atoms with E-state index in [2.05, 4.69) is 15.3 Å². The van der Waals surface area contributed by atoms with Gasteiger partial charge in [-0.2, -0.15) is 4.31 Å². The van der Waals surface area contributed by atoms with Gasteiger partial charge in [0.05, 0.1) is 27.7 Å². The van der Waals surface area contributed by atoms with Crippen LogP contribution in [0, 0.1) is 23.2 Å². The molecular weight excluding hydrogens is 495 g/mol. The lowest BCUT2D eigenvalue weighted by Gasteiger charge is -2.55. The molecular formula is C24H26Cl2N4O3S. The van der Waals surface area contributed by atoms with Crippen molar-refractivity contribution >= 4 is 45.0 Å². The molecule has 0 unspecified atom stereocenters. The van der Waals surface area contributed by atoms with E-state index < -0.39 is 10.0 Å². The van der Waals surface area contributed by atoms with E-state index in [9.17, 15) is 13.2 Å². The Morgan fingerprint density at radius 1 is 1.03 bits per heavy atom. The maximum atomic E-state index is 13.5. The maximum Gasteiger partial charge on any atom is 0.246 e. The summed E-state index contributed by atoms with van der Waals surface area (Å²) in [5, 5.41) is 3.31. The third-order valence-electron chi connectivity index (χ3n) is 8.24. The van der Waals surface area contributed by atoms with Crippen molar-refractivity contribution in [2.45, 2.75) is 56.4 Å². The molecule has 34 heavy (non-hydrogen) atoms. The number of carbonyl (C=O) groups is 1. The molecule has 2 aromatic rings. The van der Waals surface area contributed by atoms with E-state index in [4.69, 9.17) is 23.2 Å². The molecule has 0 atom stereocenters. The van der Waals surface area contributed by atoms with E-state index >= 15 is 0 Å². The minimum absolute atomic E-state index is 0.0714. The van der Waals surface area contributed by atoms with Gasteiger partial charge in [-0.1, -0.05) is 29.3 Å². The summed E-state index contributed by atoms with van der Waals surface area (Å²) >= 11 is 12.4. The van der Waals surface area contributed by atoms with Crippen LogP contribution in [0.25, 0.3) is 0 Å². The fraction of sp³-hybridized carbons (Fsp3) is 0.542. The molecule has 1 aliphatic heterocycles. The highest BCUT2D eigenvalue weighted by atomic mass is 35.5. The summed E-state index contributed by atoms with van der Waals surface area (Å²) in [5.74, 6) is 2.61. The normalized spacial score (nSPS) is 30.2. The van der Waals surface area contributed by atoms with Crippen LogP contribution in [0.3, 0.4) is 0 Å². The van der Waals surface area contributed by atoms with Crippen LogP contribution >= 0.6 is 23.2 Å². The molecule has 5 aliphatic rings. The minimum Gasteiger partial charge on any atom is -0.310 e. The van der Waals surface area contributed by atoms with Crippen LogP contribution in [-0.4, -0.2) is 35.1 Å². The number of halogens is 2. The second kappa shape index (κ2) is 8.15. The molecule has 7 rings (SSSR count). The number of benzene rings is 1. The van der Waals surface area contributed by atoms with Gasteiger partial charge >= 0.3 is 0 Å². The molecule has 4 fully saturated rings. The zero-order valence-electron chi connectivity index (χ0n) is 18.6. The van der Waals surface area contributed by atoms with E-state index in [1.807, 2.05) is 0 Å². The van der Waals surface area contributed by atoms with Gasteiger partial charge in [0.25, 0.3) is 0 Å². The zero-order chi connectivity index (χ0) is 23.7. The number of hydrogen-bond acceptors (Lipinski definition) is 5. The van der Waals surface area contributed by atoms with Crippen LogP contribution in [0.15, 0.2) is 29.4 Å². The summed E-state index contributed by atoms with van der Waals surface area (Å²) in [6.45, 7) is 0.298. The number of anilines is 1. The highest BCUT2D eigenvalue weighted by Crippen LogP contribution is 2.60. The minimum atomic E-state index is -3.91. The molecule has 1 aromatic carbocycles. The number of carbonyl (C=O) groups excluding carboxylic acids is 1. The molecule has 0 saturated heterocycles. The number of nitrogens with zero attached hydrogens (tertiary/aromatic N) is 3. The molecule has 1 aromatic heterocycles. The first-order chi connectivity index (χ1) is 16.2. The Bertz CT molecular complexity index is 1230. The molecule has 4 saturated carbocycles. The Morgan fingerprint density at radius 3 is 2.26 bits per heavy atom. The van der Waals surface area contributed by atoms with Crippen LogP contribution in [0.4, 0.5) is 5.82 Å². The molecule has 0 radical (unpaired) electrons. The Labute approximate surface area is 209 Å². The smallest absolute Gasteiger partial charge is 0.246 e. The molecule has 180 valence electrons. The van der Waals surface area contributed by atoms with Gasteiger partial charge in [-0.05, 0) is 74.8 Å².